The van der Waals surface area contributed by atoms with Gasteiger partial charge < -0.3 is 9.64 Å². The molecule has 4 heteroatoms. The molecule has 0 bridgehead atoms. The number of rotatable bonds is 4. The van der Waals surface area contributed by atoms with E-state index in [2.05, 4.69) is 19.9 Å². The lowest BCUT2D eigenvalue weighted by Gasteiger charge is -2.34. The summed E-state index contributed by atoms with van der Waals surface area (Å²) in [4.78, 5) is 14.7. The van der Waals surface area contributed by atoms with Crippen LogP contribution in [0, 0.1) is 17.2 Å². The van der Waals surface area contributed by atoms with Gasteiger partial charge in [-0.3, -0.25) is 4.79 Å². The van der Waals surface area contributed by atoms with Crippen LogP contribution in [0.5, 0.6) is 0 Å². The van der Waals surface area contributed by atoms with Crippen molar-refractivity contribution in [2.24, 2.45) is 5.92 Å². The summed E-state index contributed by atoms with van der Waals surface area (Å²) in [5.41, 5.74) is 1.05. The van der Waals surface area contributed by atoms with Crippen LogP contribution in [0.2, 0.25) is 0 Å². The fourth-order valence-corrected chi connectivity index (χ4v) is 2.73. The standard InChI is InChI=1S/C17H22N2O2/c1-3-13(2)16(14-7-5-4-6-8-14)17(20)19-9-10-21-15(11-18)12-19/h4-8,13,15-16H,3,9-10,12H2,1-2H3. The number of amides is 1. The van der Waals surface area contributed by atoms with Crippen molar-refractivity contribution in [1.29, 1.82) is 5.26 Å². The normalized spacial score (nSPS) is 21.4. The Morgan fingerprint density at radius 2 is 2.19 bits per heavy atom. The van der Waals surface area contributed by atoms with Gasteiger partial charge in [-0.2, -0.15) is 5.26 Å². The Bertz CT molecular complexity index is 509. The van der Waals surface area contributed by atoms with Gasteiger partial charge in [-0.25, -0.2) is 0 Å². The molecule has 0 N–H and O–H groups in total. The molecule has 1 saturated heterocycles. The smallest absolute Gasteiger partial charge is 0.230 e. The van der Waals surface area contributed by atoms with Crippen molar-refractivity contribution in [3.63, 3.8) is 0 Å². The molecule has 1 aromatic carbocycles. The van der Waals surface area contributed by atoms with Crippen LogP contribution in [0.4, 0.5) is 0 Å². The van der Waals surface area contributed by atoms with E-state index in [0.29, 0.717) is 19.7 Å². The first-order valence-corrected chi connectivity index (χ1v) is 7.52. The average Bonchev–Trinajstić information content (AvgIpc) is 2.55. The van der Waals surface area contributed by atoms with Crippen LogP contribution in [0.3, 0.4) is 0 Å². The molecular weight excluding hydrogens is 264 g/mol. The third-order valence-corrected chi connectivity index (χ3v) is 4.16. The Balaban J connectivity index is 2.21. The van der Waals surface area contributed by atoms with Crippen LogP contribution in [0.1, 0.15) is 31.7 Å². The zero-order chi connectivity index (χ0) is 15.2. The van der Waals surface area contributed by atoms with Crippen LogP contribution in [0.15, 0.2) is 30.3 Å². The van der Waals surface area contributed by atoms with Crippen LogP contribution in [0.25, 0.3) is 0 Å². The highest BCUT2D eigenvalue weighted by molar-refractivity contribution is 5.84. The van der Waals surface area contributed by atoms with Gasteiger partial charge in [0.15, 0.2) is 6.10 Å². The van der Waals surface area contributed by atoms with Crippen LogP contribution >= 0.6 is 0 Å². The Kier molecular flexibility index (Phi) is 5.35. The molecule has 0 aliphatic carbocycles. The molecule has 21 heavy (non-hydrogen) atoms. The maximum absolute atomic E-state index is 12.9. The maximum atomic E-state index is 12.9. The molecule has 3 atom stereocenters. The van der Waals surface area contributed by atoms with Gasteiger partial charge in [-0.1, -0.05) is 50.6 Å². The number of benzene rings is 1. The fourth-order valence-electron chi connectivity index (χ4n) is 2.73. The zero-order valence-electron chi connectivity index (χ0n) is 12.7. The lowest BCUT2D eigenvalue weighted by atomic mass is 9.84. The quantitative estimate of drug-likeness (QED) is 0.854. The highest BCUT2D eigenvalue weighted by atomic mass is 16.5. The molecule has 1 aliphatic heterocycles. The predicted molar refractivity (Wildman–Crippen MR) is 80.6 cm³/mol. The van der Waals surface area contributed by atoms with Gasteiger partial charge in [-0.05, 0) is 11.5 Å². The molecular formula is C17H22N2O2. The van der Waals surface area contributed by atoms with Crippen molar-refractivity contribution in [1.82, 2.24) is 4.90 Å². The summed E-state index contributed by atoms with van der Waals surface area (Å²) in [6, 6.07) is 12.0. The van der Waals surface area contributed by atoms with E-state index in [0.717, 1.165) is 12.0 Å². The average molecular weight is 286 g/mol. The van der Waals surface area contributed by atoms with Gasteiger partial charge >= 0.3 is 0 Å². The van der Waals surface area contributed by atoms with E-state index in [9.17, 15) is 4.79 Å². The van der Waals surface area contributed by atoms with Gasteiger partial charge in [0.1, 0.15) is 0 Å². The van der Waals surface area contributed by atoms with Crippen molar-refractivity contribution in [3.05, 3.63) is 35.9 Å². The van der Waals surface area contributed by atoms with Crippen molar-refractivity contribution in [2.45, 2.75) is 32.3 Å². The molecule has 1 heterocycles. The molecule has 4 nitrogen and oxygen atoms in total. The molecule has 1 fully saturated rings. The first-order valence-electron chi connectivity index (χ1n) is 7.52. The van der Waals surface area contributed by atoms with E-state index in [4.69, 9.17) is 10.00 Å². The van der Waals surface area contributed by atoms with Crippen molar-refractivity contribution >= 4 is 5.91 Å². The largest absolute Gasteiger partial charge is 0.360 e. The van der Waals surface area contributed by atoms with Gasteiger partial charge in [-0.15, -0.1) is 0 Å². The summed E-state index contributed by atoms with van der Waals surface area (Å²) in [6.45, 7) is 5.58. The molecule has 0 aromatic heterocycles. The third kappa shape index (κ3) is 3.62. The minimum Gasteiger partial charge on any atom is -0.360 e. The van der Waals surface area contributed by atoms with E-state index in [1.165, 1.54) is 0 Å². The third-order valence-electron chi connectivity index (χ3n) is 4.16. The number of ether oxygens (including phenoxy) is 1. The number of morpholine rings is 1. The second kappa shape index (κ2) is 7.24. The molecule has 0 radical (unpaired) electrons. The van der Waals surface area contributed by atoms with Crippen LogP contribution in [-0.4, -0.2) is 36.6 Å². The Morgan fingerprint density at radius 1 is 1.48 bits per heavy atom. The number of carbonyl (C=O) groups excluding carboxylic acids is 1. The summed E-state index contributed by atoms with van der Waals surface area (Å²) in [6.07, 6.45) is 0.438. The van der Waals surface area contributed by atoms with Crippen molar-refractivity contribution < 1.29 is 9.53 Å². The van der Waals surface area contributed by atoms with E-state index in [1.54, 1.807) is 4.90 Å². The minimum atomic E-state index is -0.504. The molecule has 1 aliphatic rings. The highest BCUT2D eigenvalue weighted by Crippen LogP contribution is 2.29. The SMILES string of the molecule is CCC(C)C(C(=O)N1CCOC(C#N)C1)c1ccccc1. The number of hydrogen-bond acceptors (Lipinski definition) is 3. The second-order valence-corrected chi connectivity index (χ2v) is 5.55. The lowest BCUT2D eigenvalue weighted by molar-refractivity contribution is -0.139. The summed E-state index contributed by atoms with van der Waals surface area (Å²) in [5.74, 6) is 0.232. The summed E-state index contributed by atoms with van der Waals surface area (Å²) in [7, 11) is 0. The molecule has 0 spiro atoms. The number of nitrogens with zero attached hydrogens (tertiary/aromatic N) is 2. The number of nitriles is 1. The molecule has 1 amide bonds. The molecule has 0 saturated carbocycles. The molecule has 3 unspecified atom stereocenters. The van der Waals surface area contributed by atoms with E-state index >= 15 is 0 Å². The van der Waals surface area contributed by atoms with E-state index < -0.39 is 6.10 Å². The summed E-state index contributed by atoms with van der Waals surface area (Å²) < 4.78 is 5.32. The van der Waals surface area contributed by atoms with E-state index in [-0.39, 0.29) is 17.7 Å². The van der Waals surface area contributed by atoms with Crippen LogP contribution in [-0.2, 0) is 9.53 Å². The summed E-state index contributed by atoms with van der Waals surface area (Å²) in [5, 5.41) is 8.99. The first-order chi connectivity index (χ1) is 10.2. The number of hydrogen-bond donors (Lipinski definition) is 0. The van der Waals surface area contributed by atoms with Crippen LogP contribution < -0.4 is 0 Å². The Morgan fingerprint density at radius 3 is 2.81 bits per heavy atom. The summed E-state index contributed by atoms with van der Waals surface area (Å²) >= 11 is 0. The van der Waals surface area contributed by atoms with Gasteiger partial charge in [0.05, 0.1) is 25.1 Å². The van der Waals surface area contributed by atoms with Crippen molar-refractivity contribution in [2.75, 3.05) is 19.7 Å². The fraction of sp³-hybridized carbons (Fsp3) is 0.529. The van der Waals surface area contributed by atoms with Gasteiger partial charge in [0, 0.05) is 6.54 Å². The second-order valence-electron chi connectivity index (χ2n) is 5.55. The van der Waals surface area contributed by atoms with Gasteiger partial charge in [0.2, 0.25) is 5.91 Å². The van der Waals surface area contributed by atoms with Crippen molar-refractivity contribution in [3.8, 4) is 6.07 Å². The first kappa shape index (κ1) is 15.5. The zero-order valence-corrected chi connectivity index (χ0v) is 12.7. The molecule has 112 valence electrons. The number of carbonyl (C=O) groups is 1. The topological polar surface area (TPSA) is 53.3 Å². The highest BCUT2D eigenvalue weighted by Gasteiger charge is 2.32. The molecule has 1 aromatic rings. The lowest BCUT2D eigenvalue weighted by Crippen LogP contribution is -2.47. The minimum absolute atomic E-state index is 0.110. The van der Waals surface area contributed by atoms with Gasteiger partial charge in [0.25, 0.3) is 0 Å². The predicted octanol–water partition coefficient (Wildman–Crippen LogP) is 2.57. The van der Waals surface area contributed by atoms with E-state index in [1.807, 2.05) is 30.3 Å². The Labute approximate surface area is 126 Å². The Hall–Kier alpha value is -1.86. The monoisotopic (exact) mass is 286 g/mol. The maximum Gasteiger partial charge on any atom is 0.230 e. The molecule has 2 rings (SSSR count).